The summed E-state index contributed by atoms with van der Waals surface area (Å²) in [6.07, 6.45) is 2.15. The molecule has 0 aliphatic carbocycles. The zero-order valence-corrected chi connectivity index (χ0v) is 7.72. The molecular weight excluding hydrogens is 111 g/mol. The van der Waals surface area contributed by atoms with Crippen LogP contribution in [0.25, 0.3) is 0 Å². The van der Waals surface area contributed by atoms with Crippen LogP contribution in [0.4, 0.5) is 0 Å². The van der Waals surface area contributed by atoms with E-state index in [0.29, 0.717) is 0 Å². The number of rotatable bonds is 3. The maximum atomic E-state index is 5.37. The van der Waals surface area contributed by atoms with Crippen LogP contribution in [0.2, 0.25) is 3.17 Å². The van der Waals surface area contributed by atoms with E-state index >= 15 is 0 Å². The fourth-order valence-corrected chi connectivity index (χ4v) is 1.18. The summed E-state index contributed by atoms with van der Waals surface area (Å²) >= 11 is 1.23. The minimum atomic E-state index is -0.0857. The molecule has 0 heterocycles. The van der Waals surface area contributed by atoms with E-state index in [1.807, 2.05) is 0 Å². The van der Waals surface area contributed by atoms with Crippen molar-refractivity contribution in [3.8, 4) is 0 Å². The van der Waals surface area contributed by atoms with E-state index in [0.717, 1.165) is 9.59 Å². The molecule has 0 fully saturated rings. The van der Waals surface area contributed by atoms with Gasteiger partial charge in [0.1, 0.15) is 0 Å². The van der Waals surface area contributed by atoms with Gasteiger partial charge in [-0.25, -0.2) is 0 Å². The Morgan fingerprint density at radius 3 is 2.12 bits per heavy atom. The normalized spacial score (nSPS) is 14.8. The van der Waals surface area contributed by atoms with Crippen molar-refractivity contribution in [3.05, 3.63) is 0 Å². The quantitative estimate of drug-likeness (QED) is 0.410. The van der Waals surface area contributed by atoms with Gasteiger partial charge in [-0.2, -0.15) is 0 Å². The van der Waals surface area contributed by atoms with Crippen LogP contribution in [-0.2, 0) is 0 Å². The summed E-state index contributed by atoms with van der Waals surface area (Å²) in [7, 11) is 0. The van der Waals surface area contributed by atoms with Gasteiger partial charge in [0.05, 0.1) is 0 Å². The summed E-state index contributed by atoms with van der Waals surface area (Å²) in [5, 5.41) is 0. The molecule has 4 N–H and O–H groups in total. The standard InChI is InChI=1S/C5H13N2.Na/c1-2-3-4-5(6)7;/h3,5H,2,4,6-7H2,1H3;. The molecule has 0 saturated carbocycles. The van der Waals surface area contributed by atoms with E-state index in [2.05, 4.69) is 6.92 Å². The van der Waals surface area contributed by atoms with Crippen molar-refractivity contribution >= 4 is 27.9 Å². The van der Waals surface area contributed by atoms with E-state index in [1.165, 1.54) is 34.4 Å². The molecule has 1 atom stereocenters. The molecule has 0 rings (SSSR count). The third kappa shape index (κ3) is 5.06. The third-order valence-corrected chi connectivity index (χ3v) is 2.66. The van der Waals surface area contributed by atoms with Gasteiger partial charge in [-0.15, -0.1) is 0 Å². The Balaban J connectivity index is 3.10. The van der Waals surface area contributed by atoms with Crippen molar-refractivity contribution in [1.29, 1.82) is 0 Å². The van der Waals surface area contributed by atoms with Crippen molar-refractivity contribution in [3.63, 3.8) is 0 Å². The Hall–Kier alpha value is 0.920. The summed E-state index contributed by atoms with van der Waals surface area (Å²) < 4.78 is 0.815. The fraction of sp³-hybridized carbons (Fsp3) is 1.00. The van der Waals surface area contributed by atoms with Crippen LogP contribution in [0.1, 0.15) is 19.8 Å². The molecule has 2 nitrogen and oxygen atoms in total. The average molecular weight is 124 g/mol. The second kappa shape index (κ2) is 4.77. The zero-order chi connectivity index (χ0) is 6.57. The number of hydrogen-bond acceptors (Lipinski definition) is 2. The number of hydrogen-bond donors (Lipinski definition) is 2. The van der Waals surface area contributed by atoms with Gasteiger partial charge in [0.25, 0.3) is 0 Å². The van der Waals surface area contributed by atoms with Crippen molar-refractivity contribution in [2.45, 2.75) is 29.1 Å². The summed E-state index contributed by atoms with van der Waals surface area (Å²) in [5.41, 5.74) is 10.7. The predicted molar refractivity (Wildman–Crippen MR) is 36.6 cm³/mol. The topological polar surface area (TPSA) is 52.0 Å². The van der Waals surface area contributed by atoms with Crippen LogP contribution in [0.3, 0.4) is 0 Å². The predicted octanol–water partition coefficient (Wildman–Crippen LogP) is -0.0130. The third-order valence-electron chi connectivity index (χ3n) is 1.37. The molecule has 0 radical (unpaired) electrons. The molecule has 1 unspecified atom stereocenters. The first-order valence-electron chi connectivity index (χ1n) is 3.18. The first-order chi connectivity index (χ1) is 3.66. The van der Waals surface area contributed by atoms with Crippen molar-refractivity contribution < 1.29 is 0 Å². The molecular formula is C5H13N2Na. The molecule has 8 heavy (non-hydrogen) atoms. The molecule has 0 saturated heterocycles. The van der Waals surface area contributed by atoms with E-state index in [-0.39, 0.29) is 6.17 Å². The molecule has 0 aromatic heterocycles. The van der Waals surface area contributed by atoms with Crippen molar-refractivity contribution in [2.24, 2.45) is 11.5 Å². The van der Waals surface area contributed by atoms with Gasteiger partial charge in [0, 0.05) is 0 Å². The van der Waals surface area contributed by atoms with Crippen LogP contribution in [0.15, 0.2) is 0 Å². The summed E-state index contributed by atoms with van der Waals surface area (Å²) in [6.45, 7) is 2.18. The molecule has 0 aliphatic rings. The second-order valence-electron chi connectivity index (χ2n) is 2.41. The SMILES string of the molecule is CC[CH]([Na])CC(N)N. The van der Waals surface area contributed by atoms with Gasteiger partial charge in [-0.05, 0) is 0 Å². The summed E-state index contributed by atoms with van der Waals surface area (Å²) in [4.78, 5) is 0. The van der Waals surface area contributed by atoms with Crippen LogP contribution in [-0.4, -0.2) is 34.1 Å². The Kier molecular flexibility index (Phi) is 5.31. The van der Waals surface area contributed by atoms with E-state index in [1.54, 1.807) is 0 Å². The summed E-state index contributed by atoms with van der Waals surface area (Å²) in [6, 6.07) is 0. The van der Waals surface area contributed by atoms with E-state index in [4.69, 9.17) is 11.5 Å². The minimum absolute atomic E-state index is 0.0857. The van der Waals surface area contributed by atoms with Gasteiger partial charge in [-0.3, -0.25) is 0 Å². The van der Waals surface area contributed by atoms with Crippen LogP contribution < -0.4 is 11.5 Å². The zero-order valence-electron chi connectivity index (χ0n) is 5.72. The van der Waals surface area contributed by atoms with Gasteiger partial charge < -0.3 is 0 Å². The molecule has 3 heteroatoms. The summed E-state index contributed by atoms with van der Waals surface area (Å²) in [5.74, 6) is 0. The molecule has 0 aromatic carbocycles. The molecule has 0 spiro atoms. The van der Waals surface area contributed by atoms with Crippen molar-refractivity contribution in [2.75, 3.05) is 0 Å². The average Bonchev–Trinajstić information content (AvgIpc) is 1.65. The second-order valence-corrected chi connectivity index (χ2v) is 4.05. The molecule has 0 aliphatic heterocycles. The Morgan fingerprint density at radius 2 is 2.00 bits per heavy atom. The van der Waals surface area contributed by atoms with Gasteiger partial charge in [0.2, 0.25) is 0 Å². The Labute approximate surface area is 68.4 Å². The molecule has 44 valence electrons. The van der Waals surface area contributed by atoms with E-state index in [9.17, 15) is 0 Å². The molecule has 0 aromatic rings. The first-order valence-corrected chi connectivity index (χ1v) is 4.33. The monoisotopic (exact) mass is 124 g/mol. The van der Waals surface area contributed by atoms with Crippen LogP contribution >= 0.6 is 0 Å². The number of nitrogens with two attached hydrogens (primary N) is 2. The molecule has 0 amide bonds. The maximum absolute atomic E-state index is 5.37. The van der Waals surface area contributed by atoms with E-state index < -0.39 is 0 Å². The Morgan fingerprint density at radius 1 is 1.50 bits per heavy atom. The van der Waals surface area contributed by atoms with Crippen LogP contribution in [0.5, 0.6) is 0 Å². The molecule has 0 bridgehead atoms. The Bertz CT molecular complexity index is 56.4. The van der Waals surface area contributed by atoms with Crippen LogP contribution in [0, 0.1) is 0 Å². The van der Waals surface area contributed by atoms with Gasteiger partial charge in [-0.1, -0.05) is 0 Å². The van der Waals surface area contributed by atoms with Gasteiger partial charge >= 0.3 is 68.5 Å². The fourth-order valence-electron chi connectivity index (χ4n) is 0.631. The van der Waals surface area contributed by atoms with Crippen molar-refractivity contribution in [1.82, 2.24) is 0 Å². The first kappa shape index (κ1) is 8.92. The van der Waals surface area contributed by atoms with Gasteiger partial charge in [0.15, 0.2) is 0 Å².